The molecular weight excluding hydrogens is 290 g/mol. The van der Waals surface area contributed by atoms with E-state index in [-0.39, 0.29) is 38.0 Å². The molecule has 0 aliphatic heterocycles. The van der Waals surface area contributed by atoms with Crippen LogP contribution in [0.5, 0.6) is 5.75 Å². The highest BCUT2D eigenvalue weighted by Gasteiger charge is 2.05. The molecule has 0 aliphatic rings. The number of nitrogens with two attached hydrogens (primary N) is 1. The minimum Gasteiger partial charge on any atom is -0.493 e. The fraction of sp³-hybridized carbons (Fsp3) is 0.357. The lowest BCUT2D eigenvalue weighted by molar-refractivity contribution is -0.141. The third-order valence-corrected chi connectivity index (χ3v) is 2.57. The summed E-state index contributed by atoms with van der Waals surface area (Å²) in [5, 5.41) is 4.97. The van der Waals surface area contributed by atoms with Crippen LogP contribution in [0.3, 0.4) is 0 Å². The molecule has 8 nitrogen and oxygen atoms in total. The van der Waals surface area contributed by atoms with Gasteiger partial charge in [-0.1, -0.05) is 0 Å². The number of carbonyl (C=O) groups excluding carboxylic acids is 3. The van der Waals surface area contributed by atoms with Crippen molar-refractivity contribution in [3.8, 4) is 5.75 Å². The van der Waals surface area contributed by atoms with E-state index in [1.807, 2.05) is 0 Å². The van der Waals surface area contributed by atoms with Gasteiger partial charge in [0.2, 0.25) is 11.8 Å². The maximum absolute atomic E-state index is 11.5. The number of ether oxygens (including phenoxy) is 2. The summed E-state index contributed by atoms with van der Waals surface area (Å²) in [6, 6.07) is 6.61. The molecule has 0 saturated heterocycles. The molecule has 0 saturated carbocycles. The molecule has 0 heterocycles. The first-order chi connectivity index (χ1) is 10.5. The van der Waals surface area contributed by atoms with E-state index in [0.29, 0.717) is 11.4 Å². The second-order valence-corrected chi connectivity index (χ2v) is 4.23. The molecule has 1 rings (SSSR count). The van der Waals surface area contributed by atoms with Crippen LogP contribution in [0.4, 0.5) is 5.69 Å². The van der Waals surface area contributed by atoms with Gasteiger partial charge < -0.3 is 25.8 Å². The van der Waals surface area contributed by atoms with E-state index in [4.69, 9.17) is 10.5 Å². The predicted octanol–water partition coefficient (Wildman–Crippen LogP) is -0.358. The highest BCUT2D eigenvalue weighted by atomic mass is 16.5. The average Bonchev–Trinajstić information content (AvgIpc) is 2.54. The highest BCUT2D eigenvalue weighted by Crippen LogP contribution is 2.15. The van der Waals surface area contributed by atoms with Crippen LogP contribution in [-0.2, 0) is 19.1 Å². The predicted molar refractivity (Wildman–Crippen MR) is 79.3 cm³/mol. The topological polar surface area (TPSA) is 120 Å². The molecule has 1 aromatic carbocycles. The lowest BCUT2D eigenvalue weighted by atomic mass is 10.3. The van der Waals surface area contributed by atoms with Gasteiger partial charge in [-0.25, -0.2) is 0 Å². The Bertz CT molecular complexity index is 516. The normalized spacial score (nSPS) is 9.73. The summed E-state index contributed by atoms with van der Waals surface area (Å²) in [5.41, 5.74) is 5.67. The van der Waals surface area contributed by atoms with Crippen LogP contribution in [0.15, 0.2) is 24.3 Å². The van der Waals surface area contributed by atoms with Gasteiger partial charge in [0.15, 0.2) is 0 Å². The molecule has 120 valence electrons. The summed E-state index contributed by atoms with van der Waals surface area (Å²) in [6.45, 7) is -0.0954. The molecule has 2 amide bonds. The van der Waals surface area contributed by atoms with Crippen molar-refractivity contribution in [2.75, 3.05) is 32.1 Å². The monoisotopic (exact) mass is 309 g/mol. The Morgan fingerprint density at radius 3 is 2.41 bits per heavy atom. The number of carbonyl (C=O) groups is 3. The summed E-state index contributed by atoms with van der Waals surface area (Å²) in [5.74, 6) is -0.535. The Morgan fingerprint density at radius 2 is 1.82 bits per heavy atom. The lowest BCUT2D eigenvalue weighted by Gasteiger charge is -2.08. The van der Waals surface area contributed by atoms with Crippen molar-refractivity contribution < 1.29 is 23.9 Å². The smallest absolute Gasteiger partial charge is 0.308 e. The van der Waals surface area contributed by atoms with E-state index in [1.54, 1.807) is 24.3 Å². The van der Waals surface area contributed by atoms with Crippen molar-refractivity contribution in [1.82, 2.24) is 5.32 Å². The van der Waals surface area contributed by atoms with Gasteiger partial charge in [-0.15, -0.1) is 0 Å². The Morgan fingerprint density at radius 1 is 1.14 bits per heavy atom. The second-order valence-electron chi connectivity index (χ2n) is 4.23. The number of nitrogens with one attached hydrogen (secondary N) is 2. The highest BCUT2D eigenvalue weighted by molar-refractivity contribution is 5.94. The molecule has 8 heteroatoms. The van der Waals surface area contributed by atoms with Crippen molar-refractivity contribution in [2.45, 2.75) is 6.42 Å². The van der Waals surface area contributed by atoms with Crippen LogP contribution in [-0.4, -0.2) is 44.6 Å². The zero-order valence-electron chi connectivity index (χ0n) is 12.3. The lowest BCUT2D eigenvalue weighted by Crippen LogP contribution is -2.36. The van der Waals surface area contributed by atoms with Gasteiger partial charge in [0.25, 0.3) is 0 Å². The first-order valence-corrected chi connectivity index (χ1v) is 6.61. The van der Waals surface area contributed by atoms with Crippen LogP contribution < -0.4 is 21.1 Å². The van der Waals surface area contributed by atoms with E-state index in [9.17, 15) is 14.4 Å². The van der Waals surface area contributed by atoms with Crippen LogP contribution in [0.25, 0.3) is 0 Å². The summed E-state index contributed by atoms with van der Waals surface area (Å²) in [7, 11) is 1.32. The third-order valence-electron chi connectivity index (χ3n) is 2.57. The average molecular weight is 309 g/mol. The molecule has 0 aliphatic carbocycles. The van der Waals surface area contributed by atoms with Gasteiger partial charge >= 0.3 is 5.97 Å². The van der Waals surface area contributed by atoms with E-state index < -0.39 is 5.91 Å². The number of esters is 1. The molecular formula is C14H19N3O5. The quantitative estimate of drug-likeness (QED) is 0.564. The number of benzene rings is 1. The zero-order valence-corrected chi connectivity index (χ0v) is 12.3. The summed E-state index contributed by atoms with van der Waals surface area (Å²) >= 11 is 0. The largest absolute Gasteiger partial charge is 0.493 e. The van der Waals surface area contributed by atoms with Crippen LogP contribution >= 0.6 is 0 Å². The number of hydrogen-bond donors (Lipinski definition) is 3. The second kappa shape index (κ2) is 9.35. The van der Waals surface area contributed by atoms with Crippen molar-refractivity contribution in [3.05, 3.63) is 24.3 Å². The molecule has 0 radical (unpaired) electrons. The summed E-state index contributed by atoms with van der Waals surface area (Å²) in [4.78, 5) is 33.4. The van der Waals surface area contributed by atoms with Gasteiger partial charge in [-0.3, -0.25) is 14.4 Å². The van der Waals surface area contributed by atoms with E-state index in [1.165, 1.54) is 7.11 Å². The molecule has 4 N–H and O–H groups in total. The van der Waals surface area contributed by atoms with Crippen molar-refractivity contribution in [1.29, 1.82) is 0 Å². The maximum atomic E-state index is 11.5. The molecule has 0 fully saturated rings. The van der Waals surface area contributed by atoms with Gasteiger partial charge in [0.1, 0.15) is 5.75 Å². The van der Waals surface area contributed by atoms with Crippen LogP contribution in [0.1, 0.15) is 6.42 Å². The van der Waals surface area contributed by atoms with Gasteiger partial charge in [0.05, 0.1) is 33.2 Å². The number of rotatable bonds is 8. The van der Waals surface area contributed by atoms with Crippen LogP contribution in [0, 0.1) is 0 Å². The van der Waals surface area contributed by atoms with E-state index in [0.717, 1.165) is 0 Å². The maximum Gasteiger partial charge on any atom is 0.308 e. The minimum absolute atomic E-state index is 0.145. The first kappa shape index (κ1) is 17.4. The molecule has 0 spiro atoms. The standard InChI is InChI=1S/C14H19N3O5/c1-21-14(20)6-7-22-11-4-2-10(3-5-11)17-13(19)9-16-12(18)8-15/h2-5H,6-9,15H2,1H3,(H,16,18)(H,17,19). The molecule has 0 unspecified atom stereocenters. The summed E-state index contributed by atoms with van der Waals surface area (Å²) in [6.07, 6.45) is 0.163. The van der Waals surface area contributed by atoms with Crippen molar-refractivity contribution >= 4 is 23.5 Å². The van der Waals surface area contributed by atoms with Crippen LogP contribution in [0.2, 0.25) is 0 Å². The van der Waals surface area contributed by atoms with Gasteiger partial charge in [0, 0.05) is 5.69 Å². The number of hydrogen-bond acceptors (Lipinski definition) is 6. The van der Waals surface area contributed by atoms with Crippen molar-refractivity contribution in [2.24, 2.45) is 5.73 Å². The summed E-state index contributed by atoms with van der Waals surface area (Å²) < 4.78 is 9.84. The van der Waals surface area contributed by atoms with Crippen molar-refractivity contribution in [3.63, 3.8) is 0 Å². The number of methoxy groups -OCH3 is 1. The SMILES string of the molecule is COC(=O)CCOc1ccc(NC(=O)CNC(=O)CN)cc1. The molecule has 1 aromatic rings. The fourth-order valence-electron chi connectivity index (χ4n) is 1.44. The Hall–Kier alpha value is -2.61. The molecule has 0 aromatic heterocycles. The van der Waals surface area contributed by atoms with E-state index in [2.05, 4.69) is 15.4 Å². The van der Waals surface area contributed by atoms with Gasteiger partial charge in [-0.2, -0.15) is 0 Å². The molecule has 0 atom stereocenters. The molecule has 0 bridgehead atoms. The fourth-order valence-corrected chi connectivity index (χ4v) is 1.44. The Kier molecular flexibility index (Phi) is 7.41. The number of anilines is 1. The third kappa shape index (κ3) is 6.71. The Labute approximate surface area is 128 Å². The van der Waals surface area contributed by atoms with Gasteiger partial charge in [-0.05, 0) is 24.3 Å². The first-order valence-electron chi connectivity index (χ1n) is 6.61. The number of amides is 2. The zero-order chi connectivity index (χ0) is 16.4. The Balaban J connectivity index is 2.36. The molecule has 22 heavy (non-hydrogen) atoms. The van der Waals surface area contributed by atoms with E-state index >= 15 is 0 Å². The minimum atomic E-state index is -0.399.